The van der Waals surface area contributed by atoms with E-state index in [2.05, 4.69) is 0 Å². The first kappa shape index (κ1) is 26.8. The van der Waals surface area contributed by atoms with Gasteiger partial charge in [-0.15, -0.1) is 0 Å². The minimum Gasteiger partial charge on any atom is -0.489 e. The number of nitrogens with zero attached hydrogens (tertiary/aromatic N) is 1. The Morgan fingerprint density at radius 1 is 0.703 bits per heavy atom. The zero-order chi connectivity index (χ0) is 26.6. The van der Waals surface area contributed by atoms with Crippen molar-refractivity contribution in [1.29, 1.82) is 0 Å². The molecule has 0 saturated carbocycles. The third-order valence-corrected chi connectivity index (χ3v) is 5.46. The van der Waals surface area contributed by atoms with Crippen molar-refractivity contribution in [2.45, 2.75) is 27.1 Å². The Bertz CT molecular complexity index is 1350. The third kappa shape index (κ3) is 7.86. The number of nitro benzene ring substituents is 1. The summed E-state index contributed by atoms with van der Waals surface area (Å²) in [7, 11) is 0. The molecular weight excluding hydrogens is 470 g/mol. The number of carbonyl (C=O) groups excluding carboxylic acids is 2. The molecule has 188 valence electrons. The summed E-state index contributed by atoms with van der Waals surface area (Å²) >= 11 is 0. The lowest BCUT2D eigenvalue weighted by atomic mass is 10.1. The Balaban J connectivity index is 0.000000208. The molecule has 0 aliphatic heterocycles. The van der Waals surface area contributed by atoms with Crippen LogP contribution in [0, 0.1) is 24.0 Å². The summed E-state index contributed by atoms with van der Waals surface area (Å²) in [4.78, 5) is 31.8. The minimum absolute atomic E-state index is 0.0551. The molecule has 7 nitrogen and oxygen atoms in total. The summed E-state index contributed by atoms with van der Waals surface area (Å²) in [5.74, 6) is 1.23. The van der Waals surface area contributed by atoms with Crippen LogP contribution in [0.1, 0.15) is 43.0 Å². The van der Waals surface area contributed by atoms with Crippen molar-refractivity contribution in [1.82, 2.24) is 0 Å². The number of hydrogen-bond donors (Lipinski definition) is 0. The summed E-state index contributed by atoms with van der Waals surface area (Å²) < 4.78 is 11.3. The highest BCUT2D eigenvalue weighted by molar-refractivity contribution is 5.82. The van der Waals surface area contributed by atoms with Crippen molar-refractivity contribution in [3.63, 3.8) is 0 Å². The number of ether oxygens (including phenoxy) is 2. The van der Waals surface area contributed by atoms with Crippen molar-refractivity contribution in [2.24, 2.45) is 0 Å². The molecule has 7 heteroatoms. The van der Waals surface area contributed by atoms with Gasteiger partial charge in [0.2, 0.25) is 0 Å². The van der Waals surface area contributed by atoms with Gasteiger partial charge in [0.1, 0.15) is 31.0 Å². The van der Waals surface area contributed by atoms with Crippen LogP contribution in [-0.4, -0.2) is 17.5 Å². The van der Waals surface area contributed by atoms with Crippen LogP contribution in [0.3, 0.4) is 0 Å². The van der Waals surface area contributed by atoms with Gasteiger partial charge < -0.3 is 9.47 Å². The van der Waals surface area contributed by atoms with E-state index in [1.807, 2.05) is 79.7 Å². The monoisotopic (exact) mass is 497 g/mol. The van der Waals surface area contributed by atoms with Crippen LogP contribution in [0.2, 0.25) is 0 Å². The first-order valence-corrected chi connectivity index (χ1v) is 11.5. The van der Waals surface area contributed by atoms with Crippen molar-refractivity contribution in [2.75, 3.05) is 0 Å². The maximum absolute atomic E-state index is 10.9. The highest BCUT2D eigenvalue weighted by Crippen LogP contribution is 2.28. The molecule has 0 atom stereocenters. The highest BCUT2D eigenvalue weighted by atomic mass is 16.6. The molecule has 4 aromatic rings. The average Bonchev–Trinajstić information content (AvgIpc) is 2.92. The normalized spacial score (nSPS) is 10.0. The van der Waals surface area contributed by atoms with Gasteiger partial charge in [-0.3, -0.25) is 19.7 Å². The van der Waals surface area contributed by atoms with Gasteiger partial charge in [0, 0.05) is 5.56 Å². The van der Waals surface area contributed by atoms with E-state index >= 15 is 0 Å². The second kappa shape index (κ2) is 13.3. The molecule has 0 aliphatic carbocycles. The topological polar surface area (TPSA) is 95.7 Å². The predicted molar refractivity (Wildman–Crippen MR) is 141 cm³/mol. The molecule has 4 aromatic carbocycles. The fraction of sp³-hybridized carbons (Fsp3) is 0.133. The molecule has 0 unspecified atom stereocenters. The van der Waals surface area contributed by atoms with Gasteiger partial charge in [-0.25, -0.2) is 0 Å². The van der Waals surface area contributed by atoms with E-state index in [-0.39, 0.29) is 11.3 Å². The summed E-state index contributed by atoms with van der Waals surface area (Å²) in [6.45, 7) is 4.55. The number of rotatable bonds is 9. The fourth-order valence-corrected chi connectivity index (χ4v) is 3.49. The molecule has 0 aromatic heterocycles. The summed E-state index contributed by atoms with van der Waals surface area (Å²) in [6, 6.07) is 27.7. The second-order valence-corrected chi connectivity index (χ2v) is 8.24. The minimum atomic E-state index is -0.585. The quantitative estimate of drug-likeness (QED) is 0.145. The number of nitro groups is 1. The molecule has 0 saturated heterocycles. The van der Waals surface area contributed by atoms with Gasteiger partial charge in [-0.05, 0) is 60.4 Å². The van der Waals surface area contributed by atoms with E-state index in [1.54, 1.807) is 13.0 Å². The predicted octanol–water partition coefficient (Wildman–Crippen LogP) is 6.68. The highest BCUT2D eigenvalue weighted by Gasteiger charge is 2.17. The van der Waals surface area contributed by atoms with Crippen LogP contribution in [0.25, 0.3) is 0 Å². The molecule has 0 bridgehead atoms. The lowest BCUT2D eigenvalue weighted by Gasteiger charge is -2.10. The lowest BCUT2D eigenvalue weighted by molar-refractivity contribution is -0.385. The van der Waals surface area contributed by atoms with Crippen molar-refractivity contribution < 1.29 is 24.0 Å². The van der Waals surface area contributed by atoms with E-state index in [1.165, 1.54) is 12.1 Å². The van der Waals surface area contributed by atoms with Gasteiger partial charge in [0.15, 0.2) is 6.29 Å². The molecule has 0 fully saturated rings. The van der Waals surface area contributed by atoms with E-state index in [0.717, 1.165) is 28.7 Å². The molecule has 37 heavy (non-hydrogen) atoms. The largest absolute Gasteiger partial charge is 0.489 e. The van der Waals surface area contributed by atoms with Crippen LogP contribution in [-0.2, 0) is 13.2 Å². The number of carbonyl (C=O) groups is 2. The van der Waals surface area contributed by atoms with E-state index in [9.17, 15) is 19.7 Å². The zero-order valence-electron chi connectivity index (χ0n) is 20.6. The van der Waals surface area contributed by atoms with Gasteiger partial charge in [0.05, 0.1) is 16.6 Å². The first-order valence-electron chi connectivity index (χ1n) is 11.5. The third-order valence-electron chi connectivity index (χ3n) is 5.46. The number of aldehydes is 2. The van der Waals surface area contributed by atoms with Crippen molar-refractivity contribution in [3.05, 3.63) is 134 Å². The van der Waals surface area contributed by atoms with Gasteiger partial charge in [0.25, 0.3) is 5.69 Å². The molecule has 0 N–H and O–H groups in total. The van der Waals surface area contributed by atoms with Crippen LogP contribution in [0.5, 0.6) is 11.5 Å². The van der Waals surface area contributed by atoms with E-state index in [0.29, 0.717) is 36.4 Å². The number of aryl methyl sites for hydroxylation is 2. The molecule has 0 radical (unpaired) electrons. The lowest BCUT2D eigenvalue weighted by Crippen LogP contribution is -2.00. The van der Waals surface area contributed by atoms with Crippen LogP contribution in [0.4, 0.5) is 5.69 Å². The summed E-state index contributed by atoms with van der Waals surface area (Å²) in [5, 5.41) is 10.9. The zero-order valence-corrected chi connectivity index (χ0v) is 20.6. The van der Waals surface area contributed by atoms with Crippen molar-refractivity contribution >= 4 is 18.3 Å². The number of hydrogen-bond acceptors (Lipinski definition) is 6. The molecule has 4 rings (SSSR count). The van der Waals surface area contributed by atoms with E-state index in [4.69, 9.17) is 9.47 Å². The molecule has 0 aliphatic rings. The van der Waals surface area contributed by atoms with Gasteiger partial charge in [-0.1, -0.05) is 60.7 Å². The maximum atomic E-state index is 10.9. The SMILES string of the molecule is Cc1cc(C=O)c([N+](=O)[O-])cc1OCc1ccccc1.Cc1cc(C=O)ccc1OCc1ccccc1. The smallest absolute Gasteiger partial charge is 0.283 e. The Hall–Kier alpha value is -4.78. The molecule has 0 heterocycles. The molecule has 0 amide bonds. The van der Waals surface area contributed by atoms with Crippen LogP contribution >= 0.6 is 0 Å². The van der Waals surface area contributed by atoms with Gasteiger partial charge >= 0.3 is 0 Å². The average molecular weight is 498 g/mol. The Labute approximate surface area is 215 Å². The Morgan fingerprint density at radius 3 is 1.73 bits per heavy atom. The van der Waals surface area contributed by atoms with Crippen LogP contribution < -0.4 is 9.47 Å². The standard InChI is InChI=1S/C15H13NO4.C15H14O2/c1-11-7-13(9-17)14(16(18)19)8-15(11)20-10-12-5-3-2-4-6-12;1-12-9-14(10-16)7-8-15(12)17-11-13-5-3-2-4-6-13/h2-9H,10H2,1H3;2-10H,11H2,1H3. The molecule has 0 spiro atoms. The second-order valence-electron chi connectivity index (χ2n) is 8.24. The van der Waals surface area contributed by atoms with Crippen LogP contribution in [0.15, 0.2) is 91.0 Å². The summed E-state index contributed by atoms with van der Waals surface area (Å²) in [6.07, 6.45) is 1.32. The number of benzene rings is 4. The fourth-order valence-electron chi connectivity index (χ4n) is 3.49. The summed E-state index contributed by atoms with van der Waals surface area (Å²) in [5.41, 5.74) is 4.25. The Morgan fingerprint density at radius 2 is 1.24 bits per heavy atom. The van der Waals surface area contributed by atoms with Gasteiger partial charge in [-0.2, -0.15) is 0 Å². The van der Waals surface area contributed by atoms with E-state index < -0.39 is 4.92 Å². The first-order chi connectivity index (χ1) is 17.9. The molecular formula is C30H27NO6. The Kier molecular flexibility index (Phi) is 9.67. The maximum Gasteiger partial charge on any atom is 0.283 e. The van der Waals surface area contributed by atoms with Crippen molar-refractivity contribution in [3.8, 4) is 11.5 Å².